The fourth-order valence-corrected chi connectivity index (χ4v) is 7.36. The van der Waals surface area contributed by atoms with Crippen LogP contribution in [0.1, 0.15) is 99.5 Å². The van der Waals surface area contributed by atoms with Gasteiger partial charge in [0.05, 0.1) is 13.6 Å². The molecule has 0 saturated carbocycles. The summed E-state index contributed by atoms with van der Waals surface area (Å²) in [5.41, 5.74) is 4.83. The topological polar surface area (TPSA) is 50.2 Å². The molecule has 1 aliphatic heterocycles. The average molecular weight is 856 g/mol. The van der Waals surface area contributed by atoms with E-state index in [0.29, 0.717) is 24.9 Å². The number of aliphatic hydroxyl groups is 1. The van der Waals surface area contributed by atoms with E-state index < -0.39 is 24.3 Å². The number of hydrogen-bond acceptors (Lipinski definition) is 4. The third kappa shape index (κ3) is 9.51. The van der Waals surface area contributed by atoms with Crippen molar-refractivity contribution in [3.63, 3.8) is 0 Å². The first-order valence-electron chi connectivity index (χ1n) is 17.1. The van der Waals surface area contributed by atoms with Crippen molar-refractivity contribution >= 4 is 39.1 Å². The van der Waals surface area contributed by atoms with E-state index in [4.69, 9.17) is 6.35 Å². The molecule has 0 fully saturated rings. The van der Waals surface area contributed by atoms with Crippen LogP contribution in [0.5, 0.6) is 0 Å². The molecule has 0 amide bonds. The molecule has 3 aromatic carbocycles. The van der Waals surface area contributed by atoms with Crippen molar-refractivity contribution in [2.45, 2.75) is 109 Å². The van der Waals surface area contributed by atoms with Crippen LogP contribution in [0.4, 0.5) is 13.2 Å². The van der Waals surface area contributed by atoms with Crippen molar-refractivity contribution in [3.05, 3.63) is 77.7 Å². The first kappa shape index (κ1) is 38.1. The fraction of sp³-hybridized carbons (Fsp3) is 0.450. The van der Waals surface area contributed by atoms with Crippen LogP contribution in [0.3, 0.4) is 0 Å². The van der Waals surface area contributed by atoms with Crippen molar-refractivity contribution in [3.8, 4) is 11.3 Å². The molecule has 4 aromatic rings. The van der Waals surface area contributed by atoms with Crippen LogP contribution < -0.4 is 0 Å². The maximum atomic E-state index is 12.2. The molecule has 48 heavy (non-hydrogen) atoms. The fourth-order valence-electron chi connectivity index (χ4n) is 6.07. The summed E-state index contributed by atoms with van der Waals surface area (Å²) in [5, 5.41) is 14.4. The van der Waals surface area contributed by atoms with Gasteiger partial charge in [-0.3, -0.25) is 9.78 Å². The van der Waals surface area contributed by atoms with Gasteiger partial charge in [-0.05, 0) is 70.4 Å². The first-order valence-corrected chi connectivity index (χ1v) is 17.4. The van der Waals surface area contributed by atoms with E-state index in [1.807, 2.05) is 31.7 Å². The average Bonchev–Trinajstić information content (AvgIpc) is 2.99. The molecule has 0 spiro atoms. The molecule has 2 heterocycles. The number of ketones is 1. The molecular formula is C40H47F3IrNO2S-. The Morgan fingerprint density at radius 1 is 1.04 bits per heavy atom. The monoisotopic (exact) mass is 856 g/mol. The summed E-state index contributed by atoms with van der Waals surface area (Å²) < 4.78 is 45.1. The van der Waals surface area contributed by atoms with Gasteiger partial charge in [0.1, 0.15) is 0 Å². The predicted molar refractivity (Wildman–Crippen MR) is 189 cm³/mol. The number of benzene rings is 3. The van der Waals surface area contributed by atoms with Crippen molar-refractivity contribution in [1.82, 2.24) is 4.98 Å². The molecule has 0 saturated heterocycles. The Morgan fingerprint density at radius 2 is 1.69 bits per heavy atom. The van der Waals surface area contributed by atoms with E-state index in [0.717, 1.165) is 34.5 Å². The third-order valence-corrected chi connectivity index (χ3v) is 9.89. The van der Waals surface area contributed by atoms with Gasteiger partial charge in [0, 0.05) is 54.8 Å². The number of aliphatic hydroxyl groups excluding tert-OH is 1. The zero-order valence-electron chi connectivity index (χ0n) is 30.1. The number of halogens is 3. The van der Waals surface area contributed by atoms with Crippen molar-refractivity contribution in [2.75, 3.05) is 0 Å². The minimum absolute atomic E-state index is 0. The Hall–Kier alpha value is -2.67. The molecule has 5 rings (SSSR count). The number of hydrogen-bond donors (Lipinski definition) is 1. The zero-order chi connectivity index (χ0) is 35.6. The van der Waals surface area contributed by atoms with Crippen molar-refractivity contribution in [2.24, 2.45) is 17.3 Å². The standard InChI is InChI=1S/C27H26NS.C13H21F3O2.Ir/c1-16(2)19-12-18-10-11-28-25-21-13-17-8-6-7-9-20(17)22(15-27(3,4)5)26(21)29-23(14-19)24(18)25;1-4-9(5-2)11(17)7-12(18)10(6-3)8-13(14,15)16;/h6-12,14,16H,15H2,1-5H3;7,9-10,17H,4-6,8H2,1-3H3;/q-1;;/b;11-7-;/i11D;;. The van der Waals surface area contributed by atoms with Crippen LogP contribution in [0.25, 0.3) is 32.8 Å². The molecule has 3 nitrogen and oxygen atoms in total. The predicted octanol–water partition coefficient (Wildman–Crippen LogP) is 12.4. The molecule has 1 unspecified atom stereocenters. The Morgan fingerprint density at radius 3 is 2.27 bits per heavy atom. The Kier molecular flexibility index (Phi) is 13.0. The summed E-state index contributed by atoms with van der Waals surface area (Å²) in [6, 6.07) is 18.7. The van der Waals surface area contributed by atoms with Gasteiger partial charge >= 0.3 is 6.18 Å². The molecular weight excluding hydrogens is 808 g/mol. The SMILES string of the molecule is CCC(CC(F)(F)F)C(=O)/C=C(\O)C(CC)CC.[2H]c1cc2cc(C(C)C)cc3c2c(n1)-c1[c-]c2ccccc2c(CC(C)(C)C)c1S3.[Ir]. The third-order valence-electron chi connectivity index (χ3n) is 8.69. The largest absolute Gasteiger partial charge is 0.512 e. The van der Waals surface area contributed by atoms with Crippen LogP contribution in [-0.2, 0) is 31.3 Å². The molecule has 1 aromatic heterocycles. The molecule has 1 atom stereocenters. The van der Waals surface area contributed by atoms with Gasteiger partial charge in [-0.1, -0.05) is 96.2 Å². The van der Waals surface area contributed by atoms with Crippen LogP contribution in [-0.4, -0.2) is 22.1 Å². The number of alkyl halides is 3. The molecule has 1 radical (unpaired) electrons. The minimum atomic E-state index is -4.35. The summed E-state index contributed by atoms with van der Waals surface area (Å²) in [6.07, 6.45) is -1.78. The molecule has 1 N–H and O–H groups in total. The summed E-state index contributed by atoms with van der Waals surface area (Å²) in [5.74, 6) is -1.56. The summed E-state index contributed by atoms with van der Waals surface area (Å²) in [7, 11) is 0. The number of aromatic nitrogens is 1. The summed E-state index contributed by atoms with van der Waals surface area (Å²) >= 11 is 1.86. The van der Waals surface area contributed by atoms with E-state index in [9.17, 15) is 23.1 Å². The number of carbonyl (C=O) groups excluding carboxylic acids is 1. The maximum Gasteiger partial charge on any atom is 0.389 e. The second kappa shape index (κ2) is 16.4. The van der Waals surface area contributed by atoms with E-state index in [-0.39, 0.29) is 43.6 Å². The van der Waals surface area contributed by atoms with Crippen LogP contribution in [0.2, 0.25) is 0 Å². The quantitative estimate of drug-likeness (QED) is 0.0912. The molecule has 0 aliphatic carbocycles. The van der Waals surface area contributed by atoms with Gasteiger partial charge in [-0.15, -0.1) is 29.3 Å². The van der Waals surface area contributed by atoms with Crippen molar-refractivity contribution in [1.29, 1.82) is 0 Å². The molecule has 261 valence electrons. The number of nitrogens with zero attached hydrogens (tertiary/aromatic N) is 1. The van der Waals surface area contributed by atoms with Crippen LogP contribution >= 0.6 is 11.8 Å². The normalized spacial score (nSPS) is 13.9. The van der Waals surface area contributed by atoms with Gasteiger partial charge in [-0.25, -0.2) is 0 Å². The summed E-state index contributed by atoms with van der Waals surface area (Å²) in [6.45, 7) is 16.6. The Labute approximate surface area is 303 Å². The Bertz CT molecular complexity index is 1830. The summed E-state index contributed by atoms with van der Waals surface area (Å²) in [4.78, 5) is 18.9. The maximum absolute atomic E-state index is 12.2. The smallest absolute Gasteiger partial charge is 0.389 e. The molecule has 8 heteroatoms. The minimum Gasteiger partial charge on any atom is -0.512 e. The van der Waals surface area contributed by atoms with E-state index in [1.165, 1.54) is 38.6 Å². The molecule has 1 aliphatic rings. The van der Waals surface area contributed by atoms with Gasteiger partial charge in [0.25, 0.3) is 0 Å². The van der Waals surface area contributed by atoms with Gasteiger partial charge in [0.15, 0.2) is 5.78 Å². The number of carbonyl (C=O) groups is 1. The number of fused-ring (bicyclic) bond motifs is 3. The van der Waals surface area contributed by atoms with Gasteiger partial charge in [0.2, 0.25) is 0 Å². The number of pyridine rings is 1. The Balaban J connectivity index is 0.000000298. The number of allylic oxidation sites excluding steroid dienone is 2. The van der Waals surface area contributed by atoms with E-state index in [1.54, 1.807) is 0 Å². The zero-order valence-corrected chi connectivity index (χ0v) is 32.3. The van der Waals surface area contributed by atoms with E-state index >= 15 is 0 Å². The van der Waals surface area contributed by atoms with Crippen LogP contribution in [0, 0.1) is 23.3 Å². The van der Waals surface area contributed by atoms with Crippen LogP contribution in [0.15, 0.2) is 70.3 Å². The number of rotatable bonds is 9. The molecule has 0 bridgehead atoms. The van der Waals surface area contributed by atoms with Crippen molar-refractivity contribution < 1.29 is 44.5 Å². The second-order valence-electron chi connectivity index (χ2n) is 14.0. The second-order valence-corrected chi connectivity index (χ2v) is 15.0. The van der Waals surface area contributed by atoms with Gasteiger partial charge in [-0.2, -0.15) is 13.2 Å². The van der Waals surface area contributed by atoms with Gasteiger partial charge < -0.3 is 5.11 Å². The van der Waals surface area contributed by atoms with E-state index in [2.05, 4.69) is 77.1 Å². The first-order chi connectivity index (χ1) is 22.5.